The molecule has 0 saturated carbocycles. The van der Waals surface area contributed by atoms with Crippen LogP contribution in [-0.2, 0) is 27.7 Å². The van der Waals surface area contributed by atoms with Gasteiger partial charge in [-0.2, -0.15) is 13.2 Å². The minimum absolute atomic E-state index is 0.0541. The van der Waals surface area contributed by atoms with Crippen LogP contribution in [0.4, 0.5) is 24.8 Å². The maximum absolute atomic E-state index is 13.8. The molecule has 0 aliphatic carbocycles. The third-order valence-electron chi connectivity index (χ3n) is 6.94. The first-order valence-electron chi connectivity index (χ1n) is 13.7. The molecule has 1 saturated heterocycles. The number of ether oxygens (including phenoxy) is 1. The predicted molar refractivity (Wildman–Crippen MR) is 152 cm³/mol. The number of esters is 1. The first-order chi connectivity index (χ1) is 19.9. The number of alkyl halides is 3. The van der Waals surface area contributed by atoms with Gasteiger partial charge >= 0.3 is 12.1 Å². The smallest absolute Gasteiger partial charge is 0.416 e. The molecule has 0 bridgehead atoms. The third kappa shape index (κ3) is 6.62. The van der Waals surface area contributed by atoms with Crippen molar-refractivity contribution in [2.45, 2.75) is 70.4 Å². The van der Waals surface area contributed by atoms with E-state index in [1.165, 1.54) is 6.07 Å². The average molecular weight is 580 g/mol. The number of para-hydroxylation sites is 1. The Balaban J connectivity index is 1.64. The van der Waals surface area contributed by atoms with E-state index >= 15 is 0 Å². The Bertz CT molecular complexity index is 1560. The summed E-state index contributed by atoms with van der Waals surface area (Å²) >= 11 is 0. The average Bonchev–Trinajstić information content (AvgIpc) is 3.32. The van der Waals surface area contributed by atoms with Gasteiger partial charge in [-0.25, -0.2) is 15.0 Å². The standard InChI is InChI=1S/C31H32F3N5O3/c1-30(2,3)28-38-26(24-12-14-35-29(37-24)36-21-10-5-4-6-11-21)27(19-8-7-9-20(16-19)31(32,33)34)39(28)15-13-23-17-22(40)18-25(41)42-23/h4-12,14,16,22-23,40H,13,15,17-18H2,1-3H3,(H,35,36,37)/t22-,23-/m1/s1. The first kappa shape index (κ1) is 29.2. The largest absolute Gasteiger partial charge is 0.462 e. The third-order valence-corrected chi connectivity index (χ3v) is 6.94. The normalized spacial score (nSPS) is 17.6. The fourth-order valence-corrected chi connectivity index (χ4v) is 5.07. The van der Waals surface area contributed by atoms with Crippen molar-refractivity contribution < 1.29 is 27.8 Å². The summed E-state index contributed by atoms with van der Waals surface area (Å²) in [5, 5.41) is 13.3. The van der Waals surface area contributed by atoms with Gasteiger partial charge in [0, 0.05) is 42.2 Å². The van der Waals surface area contributed by atoms with E-state index in [1.54, 1.807) is 18.3 Å². The highest BCUT2D eigenvalue weighted by Gasteiger charge is 2.33. The number of hydrogen-bond donors (Lipinski definition) is 2. The molecule has 3 heterocycles. The molecule has 0 radical (unpaired) electrons. The number of carbonyl (C=O) groups excluding carboxylic acids is 1. The number of benzene rings is 2. The molecular weight excluding hydrogens is 547 g/mol. The highest BCUT2D eigenvalue weighted by Crippen LogP contribution is 2.39. The number of rotatable bonds is 7. The van der Waals surface area contributed by atoms with E-state index in [-0.39, 0.29) is 19.4 Å². The van der Waals surface area contributed by atoms with Gasteiger partial charge in [0.25, 0.3) is 0 Å². The quantitative estimate of drug-likeness (QED) is 0.240. The molecule has 11 heteroatoms. The predicted octanol–water partition coefficient (Wildman–Crippen LogP) is 6.52. The van der Waals surface area contributed by atoms with Crippen molar-refractivity contribution in [3.8, 4) is 22.6 Å². The number of carbonyl (C=O) groups is 1. The topological polar surface area (TPSA) is 102 Å². The Kier molecular flexibility index (Phi) is 8.05. The zero-order valence-electron chi connectivity index (χ0n) is 23.5. The molecular formula is C31H32F3N5O3. The van der Waals surface area contributed by atoms with Gasteiger partial charge < -0.3 is 19.7 Å². The molecule has 2 aromatic carbocycles. The van der Waals surface area contributed by atoms with E-state index in [9.17, 15) is 23.1 Å². The summed E-state index contributed by atoms with van der Waals surface area (Å²) in [4.78, 5) is 25.9. The van der Waals surface area contributed by atoms with Gasteiger partial charge in [-0.15, -0.1) is 0 Å². The van der Waals surface area contributed by atoms with Gasteiger partial charge in [0.1, 0.15) is 17.6 Å². The van der Waals surface area contributed by atoms with Crippen molar-refractivity contribution in [2.24, 2.45) is 0 Å². The lowest BCUT2D eigenvalue weighted by atomic mass is 9.95. The Hall–Kier alpha value is -4.25. The molecule has 2 aromatic heterocycles. The Morgan fingerprint density at radius 2 is 1.81 bits per heavy atom. The van der Waals surface area contributed by atoms with Crippen LogP contribution in [0, 0.1) is 0 Å². The molecule has 4 aromatic rings. The fraction of sp³-hybridized carbons (Fsp3) is 0.355. The monoisotopic (exact) mass is 579 g/mol. The van der Waals surface area contributed by atoms with Crippen molar-refractivity contribution in [3.63, 3.8) is 0 Å². The molecule has 1 fully saturated rings. The molecule has 8 nitrogen and oxygen atoms in total. The zero-order chi connectivity index (χ0) is 30.1. The number of nitrogens with one attached hydrogen (secondary N) is 1. The summed E-state index contributed by atoms with van der Waals surface area (Å²) in [6.07, 6.45) is -3.72. The lowest BCUT2D eigenvalue weighted by Gasteiger charge is -2.27. The maximum Gasteiger partial charge on any atom is 0.416 e. The van der Waals surface area contributed by atoms with Crippen LogP contribution >= 0.6 is 0 Å². The summed E-state index contributed by atoms with van der Waals surface area (Å²) < 4.78 is 48.8. The maximum atomic E-state index is 13.8. The van der Waals surface area contributed by atoms with E-state index in [4.69, 9.17) is 9.72 Å². The van der Waals surface area contributed by atoms with Crippen molar-refractivity contribution in [1.29, 1.82) is 0 Å². The van der Waals surface area contributed by atoms with Crippen LogP contribution in [0.1, 0.15) is 51.4 Å². The first-order valence-corrected chi connectivity index (χ1v) is 13.7. The molecule has 42 heavy (non-hydrogen) atoms. The molecule has 0 spiro atoms. The number of halogens is 3. The minimum Gasteiger partial charge on any atom is -0.462 e. The van der Waals surface area contributed by atoms with E-state index < -0.39 is 35.3 Å². The van der Waals surface area contributed by atoms with Crippen LogP contribution in [-0.4, -0.2) is 42.8 Å². The minimum atomic E-state index is -4.54. The van der Waals surface area contributed by atoms with Crippen LogP contribution in [0.25, 0.3) is 22.6 Å². The van der Waals surface area contributed by atoms with Crippen LogP contribution in [0.5, 0.6) is 0 Å². The zero-order valence-corrected chi connectivity index (χ0v) is 23.5. The second-order valence-electron chi connectivity index (χ2n) is 11.4. The van der Waals surface area contributed by atoms with Gasteiger partial charge in [0.15, 0.2) is 0 Å². The van der Waals surface area contributed by atoms with Crippen LogP contribution in [0.15, 0.2) is 66.9 Å². The number of nitrogens with zero attached hydrogens (tertiary/aromatic N) is 4. The second kappa shape index (κ2) is 11.6. The van der Waals surface area contributed by atoms with E-state index in [1.807, 2.05) is 55.7 Å². The van der Waals surface area contributed by atoms with Crippen molar-refractivity contribution in [2.75, 3.05) is 5.32 Å². The molecule has 1 aliphatic heterocycles. The van der Waals surface area contributed by atoms with E-state index in [0.717, 1.165) is 17.8 Å². The number of aromatic nitrogens is 4. The van der Waals surface area contributed by atoms with E-state index in [2.05, 4.69) is 15.3 Å². The highest BCUT2D eigenvalue weighted by atomic mass is 19.4. The molecule has 5 rings (SSSR count). The van der Waals surface area contributed by atoms with Crippen molar-refractivity contribution in [3.05, 3.63) is 78.2 Å². The fourth-order valence-electron chi connectivity index (χ4n) is 5.07. The molecule has 2 N–H and O–H groups in total. The van der Waals surface area contributed by atoms with E-state index in [0.29, 0.717) is 40.8 Å². The van der Waals surface area contributed by atoms with Gasteiger partial charge in [-0.1, -0.05) is 51.1 Å². The molecule has 220 valence electrons. The molecule has 0 unspecified atom stereocenters. The lowest BCUT2D eigenvalue weighted by Crippen LogP contribution is -2.33. The number of aliphatic hydroxyl groups is 1. The Morgan fingerprint density at radius 1 is 1.05 bits per heavy atom. The Morgan fingerprint density at radius 3 is 2.50 bits per heavy atom. The molecule has 0 amide bonds. The van der Waals surface area contributed by atoms with Gasteiger partial charge in [-0.3, -0.25) is 4.79 Å². The number of aliphatic hydroxyl groups excluding tert-OH is 1. The van der Waals surface area contributed by atoms with Crippen LogP contribution < -0.4 is 5.32 Å². The second-order valence-corrected chi connectivity index (χ2v) is 11.4. The van der Waals surface area contributed by atoms with Crippen LogP contribution in [0.2, 0.25) is 0 Å². The highest BCUT2D eigenvalue weighted by molar-refractivity contribution is 5.78. The lowest BCUT2D eigenvalue weighted by molar-refractivity contribution is -0.160. The van der Waals surface area contributed by atoms with Gasteiger partial charge in [0.2, 0.25) is 5.95 Å². The van der Waals surface area contributed by atoms with Crippen molar-refractivity contribution >= 4 is 17.6 Å². The van der Waals surface area contributed by atoms with Crippen molar-refractivity contribution in [1.82, 2.24) is 19.5 Å². The summed E-state index contributed by atoms with van der Waals surface area (Å²) in [5.74, 6) is 0.464. The van der Waals surface area contributed by atoms with Gasteiger partial charge in [-0.05, 0) is 30.3 Å². The molecule has 2 atom stereocenters. The van der Waals surface area contributed by atoms with Crippen LogP contribution in [0.3, 0.4) is 0 Å². The summed E-state index contributed by atoms with van der Waals surface area (Å²) in [7, 11) is 0. The number of cyclic esters (lactones) is 1. The summed E-state index contributed by atoms with van der Waals surface area (Å²) in [6, 6.07) is 16.2. The summed E-state index contributed by atoms with van der Waals surface area (Å²) in [6.45, 7) is 6.20. The van der Waals surface area contributed by atoms with Gasteiger partial charge in [0.05, 0.1) is 29.5 Å². The summed E-state index contributed by atoms with van der Waals surface area (Å²) in [5.41, 5.74) is 1.10. The number of hydrogen-bond acceptors (Lipinski definition) is 7. The Labute approximate surface area is 241 Å². The SMILES string of the molecule is CC(C)(C)c1nc(-c2ccnc(Nc3ccccc3)n2)c(-c2cccc(C(F)(F)F)c2)n1CC[C@@H]1C[C@@H](O)CC(=O)O1. The molecule has 1 aliphatic rings. The number of anilines is 2. The number of imidazole rings is 1.